The Morgan fingerprint density at radius 2 is 1.86 bits per heavy atom. The molecule has 2 unspecified atom stereocenters. The van der Waals surface area contributed by atoms with Crippen molar-refractivity contribution in [3.63, 3.8) is 0 Å². The van der Waals surface area contributed by atoms with Crippen LogP contribution in [0.3, 0.4) is 0 Å². The van der Waals surface area contributed by atoms with Crippen molar-refractivity contribution in [2.45, 2.75) is 57.9 Å². The normalized spacial score (nSPS) is 33.0. The standard InChI is InChI=1S/C17H32N2O2/c1-14(2)15-5-4-7-17(8-6-15,13-16(20)21)19-11-9-18(3)10-12-19/h14-15H,4-13H2,1-3H3,(H,20,21). The van der Waals surface area contributed by atoms with E-state index < -0.39 is 5.97 Å². The maximum atomic E-state index is 11.5. The fourth-order valence-electron chi connectivity index (χ4n) is 4.25. The highest BCUT2D eigenvalue weighted by molar-refractivity contribution is 5.68. The van der Waals surface area contributed by atoms with Crippen LogP contribution >= 0.6 is 0 Å². The Hall–Kier alpha value is -0.610. The first-order valence-electron chi connectivity index (χ1n) is 8.58. The SMILES string of the molecule is CC(C)C1CCCC(CC(=O)O)(N2CCN(C)CC2)CC1. The zero-order valence-electron chi connectivity index (χ0n) is 14.0. The third kappa shape index (κ3) is 4.19. The molecule has 122 valence electrons. The van der Waals surface area contributed by atoms with Crippen LogP contribution in [0.25, 0.3) is 0 Å². The molecule has 1 N–H and O–H groups in total. The molecule has 21 heavy (non-hydrogen) atoms. The van der Waals surface area contributed by atoms with Crippen LogP contribution < -0.4 is 0 Å². The van der Waals surface area contributed by atoms with Gasteiger partial charge in [0.05, 0.1) is 6.42 Å². The van der Waals surface area contributed by atoms with Crippen LogP contribution in [-0.4, -0.2) is 59.6 Å². The summed E-state index contributed by atoms with van der Waals surface area (Å²) in [6.45, 7) is 8.80. The van der Waals surface area contributed by atoms with E-state index in [2.05, 4.69) is 30.7 Å². The molecule has 2 rings (SSSR count). The second-order valence-electron chi connectivity index (χ2n) is 7.52. The fourth-order valence-corrected chi connectivity index (χ4v) is 4.25. The van der Waals surface area contributed by atoms with E-state index in [1.807, 2.05) is 0 Å². The lowest BCUT2D eigenvalue weighted by Crippen LogP contribution is -2.57. The molecule has 2 fully saturated rings. The summed E-state index contributed by atoms with van der Waals surface area (Å²) < 4.78 is 0. The van der Waals surface area contributed by atoms with Crippen molar-refractivity contribution >= 4 is 5.97 Å². The highest BCUT2D eigenvalue weighted by Crippen LogP contribution is 2.40. The molecule has 4 nitrogen and oxygen atoms in total. The molecule has 2 aliphatic rings. The Kier molecular flexibility index (Phi) is 5.67. The molecule has 4 heteroatoms. The van der Waals surface area contributed by atoms with E-state index in [4.69, 9.17) is 0 Å². The van der Waals surface area contributed by atoms with E-state index in [0.29, 0.717) is 6.42 Å². The van der Waals surface area contributed by atoms with Crippen molar-refractivity contribution in [3.8, 4) is 0 Å². The van der Waals surface area contributed by atoms with Crippen molar-refractivity contribution in [2.75, 3.05) is 33.2 Å². The summed E-state index contributed by atoms with van der Waals surface area (Å²) in [5.41, 5.74) is -0.0866. The van der Waals surface area contributed by atoms with Gasteiger partial charge in [0, 0.05) is 31.7 Å². The van der Waals surface area contributed by atoms with Crippen LogP contribution in [0.4, 0.5) is 0 Å². The van der Waals surface area contributed by atoms with E-state index in [0.717, 1.165) is 50.9 Å². The predicted molar refractivity (Wildman–Crippen MR) is 85.5 cm³/mol. The van der Waals surface area contributed by atoms with Crippen LogP contribution in [0.2, 0.25) is 0 Å². The van der Waals surface area contributed by atoms with Crippen molar-refractivity contribution < 1.29 is 9.90 Å². The molecule has 0 aromatic heterocycles. The summed E-state index contributed by atoms with van der Waals surface area (Å²) in [6.07, 6.45) is 6.09. The summed E-state index contributed by atoms with van der Waals surface area (Å²) in [5.74, 6) is 0.864. The summed E-state index contributed by atoms with van der Waals surface area (Å²) in [4.78, 5) is 16.3. The van der Waals surface area contributed by atoms with Crippen molar-refractivity contribution in [1.29, 1.82) is 0 Å². The molecule has 0 amide bonds. The van der Waals surface area contributed by atoms with Crippen molar-refractivity contribution in [1.82, 2.24) is 9.80 Å². The second-order valence-corrected chi connectivity index (χ2v) is 7.52. The Balaban J connectivity index is 2.11. The van der Waals surface area contributed by atoms with Gasteiger partial charge in [-0.2, -0.15) is 0 Å². The summed E-state index contributed by atoms with van der Waals surface area (Å²) in [5, 5.41) is 9.44. The largest absolute Gasteiger partial charge is 0.481 e. The number of carboxylic acids is 1. The fraction of sp³-hybridized carbons (Fsp3) is 0.941. The molecule has 0 aromatic rings. The first-order chi connectivity index (χ1) is 9.93. The van der Waals surface area contributed by atoms with Gasteiger partial charge in [-0.05, 0) is 38.1 Å². The number of likely N-dealkylation sites (N-methyl/N-ethyl adjacent to an activating group) is 1. The molecule has 1 heterocycles. The monoisotopic (exact) mass is 296 g/mol. The van der Waals surface area contributed by atoms with Gasteiger partial charge in [-0.25, -0.2) is 0 Å². The lowest BCUT2D eigenvalue weighted by Gasteiger charge is -2.47. The molecule has 0 bridgehead atoms. The third-order valence-electron chi connectivity index (χ3n) is 5.79. The molecule has 0 radical (unpaired) electrons. The number of carboxylic acid groups (broad SMARTS) is 1. The van der Waals surface area contributed by atoms with E-state index in [9.17, 15) is 9.90 Å². The van der Waals surface area contributed by atoms with Gasteiger partial charge < -0.3 is 10.0 Å². The Morgan fingerprint density at radius 3 is 2.43 bits per heavy atom. The zero-order chi connectivity index (χ0) is 15.5. The molecule has 1 aliphatic carbocycles. The quantitative estimate of drug-likeness (QED) is 0.810. The van der Waals surface area contributed by atoms with Crippen molar-refractivity contribution in [2.24, 2.45) is 11.8 Å². The number of aliphatic carboxylic acids is 1. The van der Waals surface area contributed by atoms with Gasteiger partial charge in [-0.3, -0.25) is 9.69 Å². The van der Waals surface area contributed by atoms with E-state index in [1.54, 1.807) is 0 Å². The van der Waals surface area contributed by atoms with Gasteiger partial charge in [0.1, 0.15) is 0 Å². The van der Waals surface area contributed by atoms with Gasteiger partial charge in [0.15, 0.2) is 0 Å². The van der Waals surface area contributed by atoms with Gasteiger partial charge in [0.25, 0.3) is 0 Å². The van der Waals surface area contributed by atoms with Gasteiger partial charge in [-0.15, -0.1) is 0 Å². The smallest absolute Gasteiger partial charge is 0.305 e. The minimum atomic E-state index is -0.628. The molecular weight excluding hydrogens is 264 g/mol. The van der Waals surface area contributed by atoms with Crippen LogP contribution in [0.15, 0.2) is 0 Å². The minimum Gasteiger partial charge on any atom is -0.481 e. The summed E-state index contributed by atoms with van der Waals surface area (Å²) in [7, 11) is 2.16. The van der Waals surface area contributed by atoms with Crippen LogP contribution in [0.1, 0.15) is 52.4 Å². The maximum absolute atomic E-state index is 11.5. The number of rotatable bonds is 4. The zero-order valence-corrected chi connectivity index (χ0v) is 14.0. The minimum absolute atomic E-state index is 0.0866. The molecular formula is C17H32N2O2. The van der Waals surface area contributed by atoms with E-state index >= 15 is 0 Å². The molecule has 1 saturated heterocycles. The topological polar surface area (TPSA) is 43.8 Å². The first kappa shape index (κ1) is 16.8. The molecule has 1 saturated carbocycles. The number of carbonyl (C=O) groups is 1. The Morgan fingerprint density at radius 1 is 1.19 bits per heavy atom. The van der Waals surface area contributed by atoms with E-state index in [1.165, 1.54) is 19.3 Å². The Labute approximate surface area is 129 Å². The number of nitrogens with zero attached hydrogens (tertiary/aromatic N) is 2. The van der Waals surface area contributed by atoms with Crippen LogP contribution in [-0.2, 0) is 4.79 Å². The maximum Gasteiger partial charge on any atom is 0.305 e. The summed E-state index contributed by atoms with van der Waals surface area (Å²) >= 11 is 0. The van der Waals surface area contributed by atoms with Gasteiger partial charge in [-0.1, -0.05) is 26.7 Å². The highest BCUT2D eigenvalue weighted by Gasteiger charge is 2.41. The van der Waals surface area contributed by atoms with Gasteiger partial charge in [0.2, 0.25) is 0 Å². The average Bonchev–Trinajstić information content (AvgIpc) is 2.62. The number of hydrogen-bond donors (Lipinski definition) is 1. The molecule has 0 spiro atoms. The lowest BCUT2D eigenvalue weighted by molar-refractivity contribution is -0.141. The first-order valence-corrected chi connectivity index (χ1v) is 8.58. The average molecular weight is 296 g/mol. The third-order valence-corrected chi connectivity index (χ3v) is 5.79. The van der Waals surface area contributed by atoms with E-state index in [-0.39, 0.29) is 5.54 Å². The second kappa shape index (κ2) is 7.10. The summed E-state index contributed by atoms with van der Waals surface area (Å²) in [6, 6.07) is 0. The van der Waals surface area contributed by atoms with Crippen LogP contribution in [0, 0.1) is 11.8 Å². The molecule has 2 atom stereocenters. The van der Waals surface area contributed by atoms with Crippen LogP contribution in [0.5, 0.6) is 0 Å². The highest BCUT2D eigenvalue weighted by atomic mass is 16.4. The predicted octanol–water partition coefficient (Wildman–Crippen LogP) is 2.68. The number of hydrogen-bond acceptors (Lipinski definition) is 3. The molecule has 0 aromatic carbocycles. The van der Waals surface area contributed by atoms with Gasteiger partial charge >= 0.3 is 5.97 Å². The number of piperazine rings is 1. The Bertz CT molecular complexity index is 351. The lowest BCUT2D eigenvalue weighted by atomic mass is 9.82. The van der Waals surface area contributed by atoms with Crippen molar-refractivity contribution in [3.05, 3.63) is 0 Å². The molecule has 1 aliphatic heterocycles.